The number of aliphatic hydroxyl groups excluding tert-OH is 1. The maximum atomic E-state index is 10.2. The molecule has 0 aromatic heterocycles. The van der Waals surface area contributed by atoms with E-state index in [9.17, 15) is 5.11 Å². The van der Waals surface area contributed by atoms with Gasteiger partial charge >= 0.3 is 0 Å². The molecule has 8 heteroatoms. The molecule has 8 nitrogen and oxygen atoms in total. The minimum absolute atomic E-state index is 0.129. The molecule has 0 aliphatic rings. The summed E-state index contributed by atoms with van der Waals surface area (Å²) in [6.45, 7) is 3.76. The lowest BCUT2D eigenvalue weighted by Gasteiger charge is -2.16. The van der Waals surface area contributed by atoms with Crippen LogP contribution in [0.2, 0.25) is 0 Å². The molecule has 0 aliphatic carbocycles. The number of benzene rings is 3. The van der Waals surface area contributed by atoms with Crippen molar-refractivity contribution in [1.29, 1.82) is 0 Å². The molecule has 3 rings (SSSR count). The van der Waals surface area contributed by atoms with Crippen LogP contribution in [0.1, 0.15) is 0 Å². The van der Waals surface area contributed by atoms with E-state index < -0.39 is 6.10 Å². The molecule has 0 spiro atoms. The van der Waals surface area contributed by atoms with Crippen molar-refractivity contribution in [1.82, 2.24) is 5.32 Å². The van der Waals surface area contributed by atoms with Gasteiger partial charge in [-0.2, -0.15) is 0 Å². The Balaban J connectivity index is 1.47. The van der Waals surface area contributed by atoms with Crippen molar-refractivity contribution in [2.24, 2.45) is 5.73 Å². The van der Waals surface area contributed by atoms with Crippen molar-refractivity contribution < 1.29 is 28.8 Å². The van der Waals surface area contributed by atoms with Gasteiger partial charge in [0.2, 0.25) is 0 Å². The van der Waals surface area contributed by atoms with Gasteiger partial charge in [0.25, 0.3) is 0 Å². The Kier molecular flexibility index (Phi) is 11.9. The third-order valence-corrected chi connectivity index (χ3v) is 4.74. The van der Waals surface area contributed by atoms with Gasteiger partial charge in [0.15, 0.2) is 11.5 Å². The van der Waals surface area contributed by atoms with Crippen LogP contribution in [0, 0.1) is 0 Å². The average Bonchev–Trinajstić information content (AvgIpc) is 2.89. The lowest BCUT2D eigenvalue weighted by Crippen LogP contribution is -2.33. The third-order valence-electron chi connectivity index (χ3n) is 4.74. The first kappa shape index (κ1) is 26.5. The van der Waals surface area contributed by atoms with E-state index in [1.165, 1.54) is 0 Å². The predicted molar refractivity (Wildman–Crippen MR) is 135 cm³/mol. The number of hydrogen-bond acceptors (Lipinski definition) is 8. The fourth-order valence-corrected chi connectivity index (χ4v) is 3.04. The minimum Gasteiger partial charge on any atom is -0.491 e. The smallest absolute Gasteiger partial charge is 0.173 e. The van der Waals surface area contributed by atoms with Crippen molar-refractivity contribution in [2.75, 3.05) is 52.7 Å². The van der Waals surface area contributed by atoms with Crippen LogP contribution in [-0.2, 0) is 9.47 Å². The molecule has 0 amide bonds. The van der Waals surface area contributed by atoms with Crippen LogP contribution in [-0.4, -0.2) is 63.9 Å². The lowest BCUT2D eigenvalue weighted by atomic mass is 10.2. The highest BCUT2D eigenvalue weighted by Gasteiger charge is 2.12. The third kappa shape index (κ3) is 10.3. The van der Waals surface area contributed by atoms with Gasteiger partial charge in [0, 0.05) is 25.7 Å². The molecule has 0 unspecified atom stereocenters. The molecule has 0 heterocycles. The lowest BCUT2D eigenvalue weighted by molar-refractivity contribution is 0.0498. The van der Waals surface area contributed by atoms with Gasteiger partial charge in [0.1, 0.15) is 30.0 Å². The Hall–Kier alpha value is -3.14. The Morgan fingerprint density at radius 2 is 1.34 bits per heavy atom. The first-order valence-electron chi connectivity index (χ1n) is 11.7. The largest absolute Gasteiger partial charge is 0.491 e. The summed E-state index contributed by atoms with van der Waals surface area (Å²) in [5.74, 6) is 3.02. The van der Waals surface area contributed by atoms with E-state index in [4.69, 9.17) is 29.4 Å². The van der Waals surface area contributed by atoms with Crippen molar-refractivity contribution in [2.45, 2.75) is 6.10 Å². The molecule has 0 bridgehead atoms. The molecule has 0 aliphatic heterocycles. The number of nitrogens with one attached hydrogen (secondary N) is 1. The van der Waals surface area contributed by atoms with Gasteiger partial charge in [0.05, 0.1) is 26.4 Å². The number of aliphatic hydroxyl groups is 1. The van der Waals surface area contributed by atoms with Gasteiger partial charge < -0.3 is 39.8 Å². The average molecular weight is 483 g/mol. The maximum Gasteiger partial charge on any atom is 0.173 e. The standard InChI is InChI=1S/C27H34N2O6/c28-13-15-31-17-18-32-16-14-29-20-22(30)21-33-25-11-12-26(34-23-7-3-1-4-8-23)27(19-25)35-24-9-5-2-6-10-24/h1-12,19,22,29-30H,13-18,20-21,28H2/t22-/m1/s1. The first-order valence-corrected chi connectivity index (χ1v) is 11.7. The summed E-state index contributed by atoms with van der Waals surface area (Å²) in [5, 5.41) is 13.4. The molecular formula is C27H34N2O6. The Morgan fingerprint density at radius 3 is 2.00 bits per heavy atom. The number of ether oxygens (including phenoxy) is 5. The summed E-state index contributed by atoms with van der Waals surface area (Å²) >= 11 is 0. The van der Waals surface area contributed by atoms with Crippen LogP contribution in [0.4, 0.5) is 0 Å². The second-order valence-corrected chi connectivity index (χ2v) is 7.62. The monoisotopic (exact) mass is 482 g/mol. The van der Waals surface area contributed by atoms with Gasteiger partial charge in [-0.25, -0.2) is 0 Å². The Morgan fingerprint density at radius 1 is 0.714 bits per heavy atom. The molecule has 3 aromatic rings. The topological polar surface area (TPSA) is 104 Å². The van der Waals surface area contributed by atoms with Crippen LogP contribution >= 0.6 is 0 Å². The highest BCUT2D eigenvalue weighted by Crippen LogP contribution is 2.37. The number of hydrogen-bond donors (Lipinski definition) is 3. The van der Waals surface area contributed by atoms with Gasteiger partial charge in [-0.05, 0) is 36.4 Å². The molecule has 0 fully saturated rings. The van der Waals surface area contributed by atoms with Crippen molar-refractivity contribution in [3.8, 4) is 28.7 Å². The second-order valence-electron chi connectivity index (χ2n) is 7.62. The highest BCUT2D eigenvalue weighted by molar-refractivity contribution is 5.49. The highest BCUT2D eigenvalue weighted by atomic mass is 16.5. The van der Waals surface area contributed by atoms with Crippen LogP contribution < -0.4 is 25.3 Å². The minimum atomic E-state index is -0.679. The summed E-state index contributed by atoms with van der Waals surface area (Å²) in [5.41, 5.74) is 5.35. The fraction of sp³-hybridized carbons (Fsp3) is 0.333. The van der Waals surface area contributed by atoms with Gasteiger partial charge in [-0.1, -0.05) is 36.4 Å². The first-order chi connectivity index (χ1) is 17.2. The fourth-order valence-electron chi connectivity index (χ4n) is 3.04. The Bertz CT molecular complexity index is 958. The molecule has 0 saturated heterocycles. The summed E-state index contributed by atoms with van der Waals surface area (Å²) in [6.07, 6.45) is -0.679. The molecule has 3 aromatic carbocycles. The summed E-state index contributed by atoms with van der Waals surface area (Å²) < 4.78 is 28.5. The summed E-state index contributed by atoms with van der Waals surface area (Å²) in [7, 11) is 0. The summed E-state index contributed by atoms with van der Waals surface area (Å²) in [6, 6.07) is 24.3. The van der Waals surface area contributed by atoms with E-state index in [1.807, 2.05) is 60.7 Å². The van der Waals surface area contributed by atoms with Crippen LogP contribution in [0.5, 0.6) is 28.7 Å². The van der Waals surface area contributed by atoms with Crippen molar-refractivity contribution in [3.05, 3.63) is 78.9 Å². The van der Waals surface area contributed by atoms with E-state index in [0.717, 1.165) is 0 Å². The van der Waals surface area contributed by atoms with E-state index in [2.05, 4.69) is 5.32 Å². The molecule has 35 heavy (non-hydrogen) atoms. The van der Waals surface area contributed by atoms with Crippen LogP contribution in [0.25, 0.3) is 0 Å². The van der Waals surface area contributed by atoms with E-state index in [0.29, 0.717) is 74.8 Å². The number of rotatable bonds is 17. The summed E-state index contributed by atoms with van der Waals surface area (Å²) in [4.78, 5) is 0. The Labute approximate surface area is 206 Å². The zero-order valence-electron chi connectivity index (χ0n) is 19.8. The molecule has 188 valence electrons. The van der Waals surface area contributed by atoms with Gasteiger partial charge in [-0.3, -0.25) is 0 Å². The normalized spacial score (nSPS) is 11.7. The maximum absolute atomic E-state index is 10.2. The second kappa shape index (κ2) is 15.7. The predicted octanol–water partition coefficient (Wildman–Crippen LogP) is 3.59. The number of nitrogens with two attached hydrogens (primary N) is 1. The van der Waals surface area contributed by atoms with E-state index in [1.54, 1.807) is 18.2 Å². The van der Waals surface area contributed by atoms with Crippen LogP contribution in [0.3, 0.4) is 0 Å². The molecular weight excluding hydrogens is 448 g/mol. The molecule has 1 atom stereocenters. The number of para-hydroxylation sites is 2. The SMILES string of the molecule is NCCOCCOCCNC[C@@H](O)COc1ccc(Oc2ccccc2)c(Oc2ccccc2)c1. The molecule has 0 saturated carbocycles. The quantitative estimate of drug-likeness (QED) is 0.251. The van der Waals surface area contributed by atoms with Crippen molar-refractivity contribution >= 4 is 0 Å². The van der Waals surface area contributed by atoms with Crippen LogP contribution in [0.15, 0.2) is 78.9 Å². The molecule has 4 N–H and O–H groups in total. The van der Waals surface area contributed by atoms with E-state index >= 15 is 0 Å². The van der Waals surface area contributed by atoms with E-state index in [-0.39, 0.29) is 6.61 Å². The van der Waals surface area contributed by atoms with Crippen molar-refractivity contribution in [3.63, 3.8) is 0 Å². The zero-order chi connectivity index (χ0) is 24.6. The zero-order valence-corrected chi connectivity index (χ0v) is 19.8. The molecule has 0 radical (unpaired) electrons. The van der Waals surface area contributed by atoms with Gasteiger partial charge in [-0.15, -0.1) is 0 Å².